The van der Waals surface area contributed by atoms with Crippen LogP contribution < -0.4 is 16.4 Å². The highest BCUT2D eigenvalue weighted by atomic mass is 16.2. The molecule has 20 heavy (non-hydrogen) atoms. The van der Waals surface area contributed by atoms with E-state index in [-0.39, 0.29) is 30.4 Å². The molecule has 1 aromatic rings. The van der Waals surface area contributed by atoms with Crippen molar-refractivity contribution < 1.29 is 9.59 Å². The Bertz CT molecular complexity index is 446. The Morgan fingerprint density at radius 3 is 2.30 bits per heavy atom. The van der Waals surface area contributed by atoms with Gasteiger partial charge < -0.3 is 16.4 Å². The predicted octanol–water partition coefficient (Wildman–Crippen LogP) is 0.963. The zero-order valence-corrected chi connectivity index (χ0v) is 12.2. The average Bonchev–Trinajstić information content (AvgIpc) is 2.43. The van der Waals surface area contributed by atoms with Crippen LogP contribution in [0.2, 0.25) is 0 Å². The maximum absolute atomic E-state index is 12.0. The first kappa shape index (κ1) is 16.2. The molecule has 0 heterocycles. The largest absolute Gasteiger partial charge is 0.352 e. The van der Waals surface area contributed by atoms with Gasteiger partial charge in [0.25, 0.3) is 0 Å². The molecule has 0 bridgehead atoms. The van der Waals surface area contributed by atoms with Crippen LogP contribution in [-0.4, -0.2) is 24.4 Å². The molecule has 0 saturated heterocycles. The van der Waals surface area contributed by atoms with Crippen LogP contribution in [0.1, 0.15) is 32.4 Å². The number of nitrogens with one attached hydrogen (secondary N) is 2. The number of benzene rings is 1. The molecule has 0 radical (unpaired) electrons. The van der Waals surface area contributed by atoms with E-state index < -0.39 is 5.92 Å². The van der Waals surface area contributed by atoms with Crippen molar-refractivity contribution in [2.75, 3.05) is 6.54 Å². The number of carbonyl (C=O) groups is 2. The summed E-state index contributed by atoms with van der Waals surface area (Å²) in [5.41, 5.74) is 6.97. The first-order valence-corrected chi connectivity index (χ1v) is 6.79. The Morgan fingerprint density at radius 2 is 1.75 bits per heavy atom. The van der Waals surface area contributed by atoms with Gasteiger partial charge >= 0.3 is 0 Å². The Hall–Kier alpha value is -1.88. The van der Waals surface area contributed by atoms with Crippen LogP contribution >= 0.6 is 0 Å². The van der Waals surface area contributed by atoms with Gasteiger partial charge in [-0.1, -0.05) is 37.3 Å². The Kier molecular flexibility index (Phi) is 6.18. The zero-order chi connectivity index (χ0) is 15.1. The molecule has 0 aliphatic rings. The third-order valence-corrected chi connectivity index (χ3v) is 3.01. The van der Waals surface area contributed by atoms with E-state index in [1.165, 1.54) is 0 Å². The van der Waals surface area contributed by atoms with Crippen molar-refractivity contribution in [1.29, 1.82) is 0 Å². The molecule has 5 nitrogen and oxygen atoms in total. The molecule has 0 aliphatic heterocycles. The highest BCUT2D eigenvalue weighted by Crippen LogP contribution is 2.18. The SMILES string of the molecule is CC(C)NC(=O)CNC(=O)C(C)C(N)c1ccccc1. The van der Waals surface area contributed by atoms with Gasteiger partial charge in [0.15, 0.2) is 0 Å². The third kappa shape index (κ3) is 5.01. The minimum Gasteiger partial charge on any atom is -0.352 e. The lowest BCUT2D eigenvalue weighted by molar-refractivity contribution is -0.128. The third-order valence-electron chi connectivity index (χ3n) is 3.01. The summed E-state index contributed by atoms with van der Waals surface area (Å²) in [6.07, 6.45) is 0. The summed E-state index contributed by atoms with van der Waals surface area (Å²) in [5.74, 6) is -0.821. The van der Waals surface area contributed by atoms with Crippen LogP contribution in [0.5, 0.6) is 0 Å². The molecule has 1 aromatic carbocycles. The smallest absolute Gasteiger partial charge is 0.239 e. The van der Waals surface area contributed by atoms with Crippen LogP contribution in [0.25, 0.3) is 0 Å². The monoisotopic (exact) mass is 277 g/mol. The minimum absolute atomic E-state index is 0.0249. The standard InChI is InChI=1S/C15H23N3O2/c1-10(2)18-13(19)9-17-15(20)11(3)14(16)12-7-5-4-6-8-12/h4-8,10-11,14H,9,16H2,1-3H3,(H,17,20)(H,18,19). The van der Waals surface area contributed by atoms with Gasteiger partial charge in [0.2, 0.25) is 11.8 Å². The zero-order valence-electron chi connectivity index (χ0n) is 12.2. The van der Waals surface area contributed by atoms with Gasteiger partial charge in [-0.15, -0.1) is 0 Å². The number of hydrogen-bond donors (Lipinski definition) is 3. The van der Waals surface area contributed by atoms with Crippen LogP contribution in [0.15, 0.2) is 30.3 Å². The first-order chi connectivity index (χ1) is 9.41. The average molecular weight is 277 g/mol. The van der Waals surface area contributed by atoms with Gasteiger partial charge in [0, 0.05) is 12.1 Å². The second kappa shape index (κ2) is 7.65. The Morgan fingerprint density at radius 1 is 1.15 bits per heavy atom. The molecule has 110 valence electrons. The van der Waals surface area contributed by atoms with E-state index in [0.29, 0.717) is 0 Å². The van der Waals surface area contributed by atoms with Gasteiger partial charge in [0.05, 0.1) is 12.5 Å². The van der Waals surface area contributed by atoms with E-state index in [1.54, 1.807) is 6.92 Å². The molecule has 0 aliphatic carbocycles. The lowest BCUT2D eigenvalue weighted by atomic mass is 9.95. The van der Waals surface area contributed by atoms with E-state index in [9.17, 15) is 9.59 Å². The molecule has 0 fully saturated rings. The number of hydrogen-bond acceptors (Lipinski definition) is 3. The molecule has 4 N–H and O–H groups in total. The summed E-state index contributed by atoms with van der Waals surface area (Å²) in [5, 5.41) is 5.32. The molecule has 1 rings (SSSR count). The lowest BCUT2D eigenvalue weighted by Gasteiger charge is -2.20. The van der Waals surface area contributed by atoms with E-state index in [0.717, 1.165) is 5.56 Å². The molecule has 0 spiro atoms. The van der Waals surface area contributed by atoms with Gasteiger partial charge in [0.1, 0.15) is 0 Å². The Labute approximate surface area is 119 Å². The topological polar surface area (TPSA) is 84.2 Å². The van der Waals surface area contributed by atoms with Gasteiger partial charge in [-0.25, -0.2) is 0 Å². The van der Waals surface area contributed by atoms with Crippen molar-refractivity contribution in [2.45, 2.75) is 32.9 Å². The van der Waals surface area contributed by atoms with E-state index in [1.807, 2.05) is 44.2 Å². The maximum Gasteiger partial charge on any atom is 0.239 e. The molecule has 2 amide bonds. The molecular weight excluding hydrogens is 254 g/mol. The quantitative estimate of drug-likeness (QED) is 0.724. The van der Waals surface area contributed by atoms with Crippen molar-refractivity contribution in [3.05, 3.63) is 35.9 Å². The van der Waals surface area contributed by atoms with Crippen LogP contribution in [0.4, 0.5) is 0 Å². The Balaban J connectivity index is 2.49. The fourth-order valence-corrected chi connectivity index (χ4v) is 1.83. The van der Waals surface area contributed by atoms with Gasteiger partial charge in [-0.05, 0) is 19.4 Å². The van der Waals surface area contributed by atoms with Gasteiger partial charge in [-0.3, -0.25) is 9.59 Å². The van der Waals surface area contributed by atoms with Crippen LogP contribution in [0.3, 0.4) is 0 Å². The maximum atomic E-state index is 12.0. The summed E-state index contributed by atoms with van der Waals surface area (Å²) in [4.78, 5) is 23.4. The van der Waals surface area contributed by atoms with Crippen molar-refractivity contribution in [2.24, 2.45) is 11.7 Å². The summed E-state index contributed by atoms with van der Waals surface area (Å²) in [7, 11) is 0. The van der Waals surface area contributed by atoms with Crippen molar-refractivity contribution >= 4 is 11.8 Å². The normalized spacial score (nSPS) is 13.7. The molecular formula is C15H23N3O2. The number of carbonyl (C=O) groups excluding carboxylic acids is 2. The second-order valence-electron chi connectivity index (χ2n) is 5.17. The van der Waals surface area contributed by atoms with E-state index in [2.05, 4.69) is 10.6 Å². The second-order valence-corrected chi connectivity index (χ2v) is 5.17. The molecule has 5 heteroatoms. The number of nitrogens with two attached hydrogens (primary N) is 1. The molecule has 0 saturated carbocycles. The molecule has 2 atom stereocenters. The fraction of sp³-hybridized carbons (Fsp3) is 0.467. The predicted molar refractivity (Wildman–Crippen MR) is 78.8 cm³/mol. The molecule has 0 aromatic heterocycles. The van der Waals surface area contributed by atoms with Crippen LogP contribution in [-0.2, 0) is 9.59 Å². The fourth-order valence-electron chi connectivity index (χ4n) is 1.83. The van der Waals surface area contributed by atoms with Crippen molar-refractivity contribution in [3.8, 4) is 0 Å². The van der Waals surface area contributed by atoms with E-state index >= 15 is 0 Å². The summed E-state index contributed by atoms with van der Waals surface area (Å²) in [6, 6.07) is 9.12. The van der Waals surface area contributed by atoms with Crippen molar-refractivity contribution in [3.63, 3.8) is 0 Å². The van der Waals surface area contributed by atoms with E-state index in [4.69, 9.17) is 5.73 Å². The summed E-state index contributed by atoms with van der Waals surface area (Å²) >= 11 is 0. The van der Waals surface area contributed by atoms with Crippen molar-refractivity contribution in [1.82, 2.24) is 10.6 Å². The van der Waals surface area contributed by atoms with Crippen LogP contribution in [0, 0.1) is 5.92 Å². The highest BCUT2D eigenvalue weighted by Gasteiger charge is 2.22. The highest BCUT2D eigenvalue weighted by molar-refractivity contribution is 5.86. The minimum atomic E-state index is -0.399. The summed E-state index contributed by atoms with van der Waals surface area (Å²) < 4.78 is 0. The first-order valence-electron chi connectivity index (χ1n) is 6.79. The molecule has 2 unspecified atom stereocenters. The number of amides is 2. The summed E-state index contributed by atoms with van der Waals surface area (Å²) in [6.45, 7) is 5.47. The number of rotatable bonds is 6. The van der Waals surface area contributed by atoms with Gasteiger partial charge in [-0.2, -0.15) is 0 Å². The lowest BCUT2D eigenvalue weighted by Crippen LogP contribution is -2.43.